The van der Waals surface area contributed by atoms with Crippen LogP contribution in [0.15, 0.2) is 0 Å². The predicted molar refractivity (Wildman–Crippen MR) is 154 cm³/mol. The molecule has 0 N–H and O–H groups in total. The van der Waals surface area contributed by atoms with Crippen molar-refractivity contribution in [1.29, 1.82) is 0 Å². The molecule has 0 saturated heterocycles. The Balaban J connectivity index is -0.000000189. The van der Waals surface area contributed by atoms with Crippen molar-refractivity contribution in [2.75, 3.05) is 14.1 Å². The fourth-order valence-electron chi connectivity index (χ4n) is 2.73. The van der Waals surface area contributed by atoms with Gasteiger partial charge in [0, 0.05) is 49.4 Å². The first-order chi connectivity index (χ1) is 13.4. The van der Waals surface area contributed by atoms with Crippen LogP contribution in [0.25, 0.3) is 0 Å². The minimum Gasteiger partial charge on any atom is -0.340 e. The van der Waals surface area contributed by atoms with Crippen molar-refractivity contribution in [3.63, 3.8) is 0 Å². The first-order valence-corrected chi connectivity index (χ1v) is 13.0. The first kappa shape index (κ1) is 39.8. The summed E-state index contributed by atoms with van der Waals surface area (Å²) in [6.07, 6.45) is 0. The molecule has 0 heterocycles. The van der Waals surface area contributed by atoms with Gasteiger partial charge in [-0.25, -0.2) is 0 Å². The molecule has 0 aliphatic carbocycles. The van der Waals surface area contributed by atoms with E-state index in [1.807, 2.05) is 90.1 Å². The molecule has 33 heavy (non-hydrogen) atoms. The molecule has 0 aliphatic rings. The Kier molecular flexibility index (Phi) is 15.7. The number of rotatable bonds is 0. The molecular weight excluding hydrogens is 428 g/mol. The van der Waals surface area contributed by atoms with Gasteiger partial charge in [0.1, 0.15) is 0 Å². The van der Waals surface area contributed by atoms with E-state index < -0.39 is 10.8 Å². The molecule has 0 saturated carbocycles. The van der Waals surface area contributed by atoms with E-state index in [1.54, 1.807) is 4.90 Å². The smallest absolute Gasteiger partial charge is 0.228 e. The molecule has 0 aromatic heterocycles. The van der Waals surface area contributed by atoms with Crippen molar-refractivity contribution in [2.45, 2.75) is 158 Å². The summed E-state index contributed by atoms with van der Waals surface area (Å²) in [6.45, 7) is 37.4. The van der Waals surface area contributed by atoms with E-state index in [2.05, 4.69) is 53.5 Å². The van der Waals surface area contributed by atoms with Crippen LogP contribution >= 0.6 is 0 Å². The van der Waals surface area contributed by atoms with Crippen LogP contribution < -0.4 is 0 Å². The maximum atomic E-state index is 11.7. The quantitative estimate of drug-likeness (QED) is 0.347. The Hall–Kier alpha value is -0.420. The Bertz CT molecular complexity index is 554. The van der Waals surface area contributed by atoms with Gasteiger partial charge in [0.2, 0.25) is 5.91 Å². The summed E-state index contributed by atoms with van der Waals surface area (Å²) in [4.78, 5) is 15.9. The first-order valence-electron chi connectivity index (χ1n) is 11.8. The molecule has 0 aliphatic heterocycles. The average molecular weight is 493 g/mol. The van der Waals surface area contributed by atoms with Crippen LogP contribution in [0.1, 0.15) is 132 Å². The SMILES string of the molecule is C.CC(C)(C)S(=O)C(C)(C)C.CN(C(=O)C(C)(C)C)C(C)(C)C.CN(C(C)(C)C)C(C)(C)C. The average Bonchev–Trinajstić information content (AvgIpc) is 2.47. The third-order valence-corrected chi connectivity index (χ3v) is 7.30. The van der Waals surface area contributed by atoms with Crippen LogP contribution in [0.5, 0.6) is 0 Å². The molecule has 0 spiro atoms. The fraction of sp³-hybridized carbons (Fsp3) is 0.964. The summed E-state index contributed by atoms with van der Waals surface area (Å²) in [5.41, 5.74) is 0.197. The van der Waals surface area contributed by atoms with E-state index >= 15 is 0 Å². The summed E-state index contributed by atoms with van der Waals surface area (Å²) >= 11 is 0. The van der Waals surface area contributed by atoms with E-state index in [9.17, 15) is 9.00 Å². The minimum atomic E-state index is -0.755. The normalized spacial score (nSPS) is 13.4. The maximum absolute atomic E-state index is 11.7. The van der Waals surface area contributed by atoms with E-state index in [4.69, 9.17) is 0 Å². The highest BCUT2D eigenvalue weighted by atomic mass is 32.2. The summed E-state index contributed by atoms with van der Waals surface area (Å²) < 4.78 is 11.4. The highest BCUT2D eigenvalue weighted by molar-refractivity contribution is 7.87. The number of hydrogen-bond donors (Lipinski definition) is 0. The second-order valence-corrected chi connectivity index (χ2v) is 17.7. The van der Waals surface area contributed by atoms with Crippen LogP contribution in [0.4, 0.5) is 0 Å². The summed E-state index contributed by atoms with van der Waals surface area (Å²) in [7, 11) is 3.27. The molecule has 1 amide bonds. The van der Waals surface area contributed by atoms with Crippen molar-refractivity contribution in [1.82, 2.24) is 9.80 Å². The Morgan fingerprint density at radius 2 is 0.788 bits per heavy atom. The van der Waals surface area contributed by atoms with Crippen molar-refractivity contribution in [3.05, 3.63) is 0 Å². The second kappa shape index (κ2) is 13.0. The lowest BCUT2D eigenvalue weighted by atomic mass is 9.92. The van der Waals surface area contributed by atoms with Gasteiger partial charge in [-0.3, -0.25) is 13.9 Å². The van der Waals surface area contributed by atoms with Crippen molar-refractivity contribution >= 4 is 16.7 Å². The van der Waals surface area contributed by atoms with Crippen molar-refractivity contribution in [3.8, 4) is 0 Å². The number of nitrogens with zero attached hydrogens (tertiary/aromatic N) is 2. The van der Waals surface area contributed by atoms with Gasteiger partial charge < -0.3 is 4.90 Å². The Morgan fingerprint density at radius 3 is 0.818 bits per heavy atom. The van der Waals surface area contributed by atoms with Crippen LogP contribution in [-0.4, -0.2) is 60.1 Å². The molecule has 0 unspecified atom stereocenters. The van der Waals surface area contributed by atoms with Gasteiger partial charge in [-0.1, -0.05) is 28.2 Å². The number of amides is 1. The third kappa shape index (κ3) is 17.6. The summed E-state index contributed by atoms with van der Waals surface area (Å²) in [6, 6.07) is 0. The predicted octanol–water partition coefficient (Wildman–Crippen LogP) is 7.77. The molecule has 5 heteroatoms. The molecule has 0 rings (SSSR count). The van der Waals surface area contributed by atoms with Gasteiger partial charge in [-0.2, -0.15) is 0 Å². The Labute approximate surface area is 213 Å². The molecule has 4 nitrogen and oxygen atoms in total. The molecular formula is C28H64N2O2S. The van der Waals surface area contributed by atoms with Gasteiger partial charge in [-0.05, 0) is 111 Å². The Morgan fingerprint density at radius 1 is 0.545 bits per heavy atom. The molecule has 204 valence electrons. The highest BCUT2D eigenvalue weighted by Crippen LogP contribution is 2.24. The second-order valence-electron chi connectivity index (χ2n) is 14.7. The van der Waals surface area contributed by atoms with Gasteiger partial charge >= 0.3 is 0 Å². The lowest BCUT2D eigenvalue weighted by molar-refractivity contribution is -0.142. The number of carbonyl (C=O) groups is 1. The van der Waals surface area contributed by atoms with Crippen LogP contribution in [0.3, 0.4) is 0 Å². The zero-order chi connectivity index (χ0) is 27.3. The fourth-order valence-corrected chi connectivity index (χ4v) is 4.57. The van der Waals surface area contributed by atoms with Crippen molar-refractivity contribution < 1.29 is 9.00 Å². The molecule has 0 aromatic carbocycles. The van der Waals surface area contributed by atoms with Gasteiger partial charge in [0.25, 0.3) is 0 Å². The number of carbonyl (C=O) groups excluding carboxylic acids is 1. The van der Waals surface area contributed by atoms with Crippen molar-refractivity contribution in [2.24, 2.45) is 5.41 Å². The number of hydrogen-bond acceptors (Lipinski definition) is 3. The molecule has 0 radical (unpaired) electrons. The standard InChI is InChI=1S/C10H21NO.C9H21N.C8H18OS.CH4/c1-9(2,3)8(12)11(7)10(4,5)6;1-8(2,3)10(7)9(4,5)6;1-7(2,3)10(9)8(4,5)6;/h1-7H3;1-7H3;1-6H3;1H4. The highest BCUT2D eigenvalue weighted by Gasteiger charge is 2.31. The van der Waals surface area contributed by atoms with E-state index in [0.29, 0.717) is 0 Å². The zero-order valence-corrected chi connectivity index (χ0v) is 26.4. The van der Waals surface area contributed by atoms with Crippen LogP contribution in [0.2, 0.25) is 0 Å². The van der Waals surface area contributed by atoms with E-state index in [-0.39, 0.29) is 44.9 Å². The van der Waals surface area contributed by atoms with E-state index in [1.165, 1.54) is 0 Å². The molecule has 0 atom stereocenters. The minimum absolute atomic E-state index is 0. The maximum Gasteiger partial charge on any atom is 0.228 e. The van der Waals surface area contributed by atoms with Gasteiger partial charge in [0.15, 0.2) is 0 Å². The topological polar surface area (TPSA) is 40.6 Å². The zero-order valence-electron chi connectivity index (χ0n) is 25.6. The van der Waals surface area contributed by atoms with Crippen LogP contribution in [0, 0.1) is 5.41 Å². The molecule has 0 bridgehead atoms. The van der Waals surface area contributed by atoms with Gasteiger partial charge in [0.05, 0.1) is 0 Å². The summed E-state index contributed by atoms with van der Waals surface area (Å²) in [5, 5.41) is 0. The summed E-state index contributed by atoms with van der Waals surface area (Å²) in [5.74, 6) is 0.190. The monoisotopic (exact) mass is 492 g/mol. The lowest BCUT2D eigenvalue weighted by Crippen LogP contribution is -2.49. The van der Waals surface area contributed by atoms with E-state index in [0.717, 1.165) is 0 Å². The molecule has 0 aromatic rings. The van der Waals surface area contributed by atoms with Gasteiger partial charge in [-0.15, -0.1) is 0 Å². The third-order valence-electron chi connectivity index (χ3n) is 5.08. The molecule has 0 fully saturated rings. The van der Waals surface area contributed by atoms with Crippen LogP contribution in [-0.2, 0) is 15.6 Å². The lowest BCUT2D eigenvalue weighted by Gasteiger charge is -2.42. The largest absolute Gasteiger partial charge is 0.340 e.